The summed E-state index contributed by atoms with van der Waals surface area (Å²) in [5.41, 5.74) is 0.897. The average molecular weight is 274 g/mol. The van der Waals surface area contributed by atoms with Crippen LogP contribution in [0.3, 0.4) is 0 Å². The van der Waals surface area contributed by atoms with Crippen LogP contribution in [0, 0.1) is 12.3 Å². The summed E-state index contributed by atoms with van der Waals surface area (Å²) in [6.45, 7) is 5.90. The first kappa shape index (κ1) is 15.4. The zero-order chi connectivity index (χ0) is 14.1. The van der Waals surface area contributed by atoms with E-state index in [1.807, 2.05) is 30.3 Å². The van der Waals surface area contributed by atoms with Gasteiger partial charge >= 0.3 is 5.97 Å². The van der Waals surface area contributed by atoms with Crippen LogP contribution in [0.15, 0.2) is 43.0 Å². The fourth-order valence-electron chi connectivity index (χ4n) is 1.84. The maximum Gasteiger partial charge on any atom is 0.327 e. The summed E-state index contributed by atoms with van der Waals surface area (Å²) in [6.07, 6.45) is 7.55. The van der Waals surface area contributed by atoms with Gasteiger partial charge in [0.05, 0.1) is 12.4 Å². The number of thioether (sulfide) groups is 1. The van der Waals surface area contributed by atoms with E-state index < -0.39 is 4.75 Å². The van der Waals surface area contributed by atoms with Crippen LogP contribution in [0.5, 0.6) is 0 Å². The van der Waals surface area contributed by atoms with E-state index in [0.717, 1.165) is 5.56 Å². The molecule has 1 atom stereocenters. The Labute approximate surface area is 119 Å². The molecule has 0 aromatic heterocycles. The van der Waals surface area contributed by atoms with Crippen molar-refractivity contribution in [3.05, 3.63) is 48.6 Å². The van der Waals surface area contributed by atoms with Gasteiger partial charge in [0, 0.05) is 0 Å². The number of terminal acetylenes is 1. The Balaban J connectivity index is 3.22. The molecule has 3 heteroatoms. The summed E-state index contributed by atoms with van der Waals surface area (Å²) < 4.78 is 4.44. The van der Waals surface area contributed by atoms with Crippen LogP contribution in [-0.4, -0.2) is 18.3 Å². The second-order valence-corrected chi connectivity index (χ2v) is 5.17. The maximum atomic E-state index is 12.4. The van der Waals surface area contributed by atoms with Gasteiger partial charge in [0.2, 0.25) is 0 Å². The minimum absolute atomic E-state index is 0.263. The van der Waals surface area contributed by atoms with Gasteiger partial charge in [0.15, 0.2) is 0 Å². The van der Waals surface area contributed by atoms with Crippen molar-refractivity contribution < 1.29 is 9.53 Å². The topological polar surface area (TPSA) is 26.3 Å². The monoisotopic (exact) mass is 274 g/mol. The van der Waals surface area contributed by atoms with Gasteiger partial charge < -0.3 is 4.74 Å². The lowest BCUT2D eigenvalue weighted by atomic mass is 9.94. The third-order valence-corrected chi connectivity index (χ3v) is 4.05. The molecule has 0 N–H and O–H groups in total. The van der Waals surface area contributed by atoms with E-state index in [1.165, 1.54) is 11.8 Å². The molecule has 0 saturated heterocycles. The molecule has 0 aliphatic rings. The van der Waals surface area contributed by atoms with E-state index in [0.29, 0.717) is 18.8 Å². The van der Waals surface area contributed by atoms with Crippen LogP contribution in [0.4, 0.5) is 0 Å². The lowest BCUT2D eigenvalue weighted by molar-refractivity contribution is -0.146. The number of ether oxygens (including phenoxy) is 1. The molecule has 0 amide bonds. The van der Waals surface area contributed by atoms with Crippen molar-refractivity contribution in [1.29, 1.82) is 0 Å². The molecule has 1 aromatic carbocycles. The number of allylic oxidation sites excluding steroid dienone is 1. The lowest BCUT2D eigenvalue weighted by Gasteiger charge is -2.29. The van der Waals surface area contributed by atoms with Crippen molar-refractivity contribution in [2.45, 2.75) is 18.1 Å². The molecule has 0 bridgehead atoms. The molecule has 1 aromatic rings. The van der Waals surface area contributed by atoms with E-state index in [9.17, 15) is 4.79 Å². The Hall–Kier alpha value is -1.66. The number of benzene rings is 1. The van der Waals surface area contributed by atoms with E-state index in [1.54, 1.807) is 13.0 Å². The molecule has 0 heterocycles. The fraction of sp³-hybridized carbons (Fsp3) is 0.312. The highest BCUT2D eigenvalue weighted by molar-refractivity contribution is 8.01. The Morgan fingerprint density at radius 1 is 1.53 bits per heavy atom. The number of carbonyl (C=O) groups is 1. The van der Waals surface area contributed by atoms with Crippen molar-refractivity contribution >= 4 is 17.7 Å². The third-order valence-electron chi connectivity index (χ3n) is 2.68. The summed E-state index contributed by atoms with van der Waals surface area (Å²) in [5.74, 6) is 2.75. The molecule has 19 heavy (non-hydrogen) atoms. The molecule has 2 nitrogen and oxygen atoms in total. The van der Waals surface area contributed by atoms with Gasteiger partial charge in [-0.3, -0.25) is 4.79 Å². The Kier molecular flexibility index (Phi) is 6.24. The van der Waals surface area contributed by atoms with Crippen molar-refractivity contribution in [1.82, 2.24) is 0 Å². The van der Waals surface area contributed by atoms with Crippen molar-refractivity contribution in [3.8, 4) is 12.3 Å². The van der Waals surface area contributed by atoms with Crippen LogP contribution in [0.25, 0.3) is 0 Å². The Morgan fingerprint density at radius 3 is 2.74 bits per heavy atom. The average Bonchev–Trinajstić information content (AvgIpc) is 2.44. The van der Waals surface area contributed by atoms with Crippen LogP contribution < -0.4 is 0 Å². The summed E-state index contributed by atoms with van der Waals surface area (Å²) in [6, 6.07) is 9.57. The number of carbonyl (C=O) groups excluding carboxylic acids is 1. The van der Waals surface area contributed by atoms with Gasteiger partial charge in [-0.1, -0.05) is 42.3 Å². The minimum Gasteiger partial charge on any atom is -0.465 e. The maximum absolute atomic E-state index is 12.4. The Bertz CT molecular complexity index is 461. The highest BCUT2D eigenvalue weighted by Gasteiger charge is 2.41. The predicted molar refractivity (Wildman–Crippen MR) is 80.9 cm³/mol. The van der Waals surface area contributed by atoms with Crippen LogP contribution >= 0.6 is 11.8 Å². The molecule has 0 aliphatic carbocycles. The smallest absolute Gasteiger partial charge is 0.327 e. The Morgan fingerprint density at radius 2 is 2.21 bits per heavy atom. The first-order chi connectivity index (χ1) is 9.21. The fourth-order valence-corrected chi connectivity index (χ4v) is 2.89. The van der Waals surface area contributed by atoms with Gasteiger partial charge in [-0.2, -0.15) is 0 Å². The van der Waals surface area contributed by atoms with Crippen molar-refractivity contribution in [3.63, 3.8) is 0 Å². The second-order valence-electron chi connectivity index (χ2n) is 3.90. The third kappa shape index (κ3) is 3.65. The van der Waals surface area contributed by atoms with Crippen LogP contribution in [0.2, 0.25) is 0 Å². The first-order valence-electron chi connectivity index (χ1n) is 6.12. The molecule has 0 saturated carbocycles. The van der Waals surface area contributed by atoms with Crippen molar-refractivity contribution in [2.24, 2.45) is 0 Å². The molecular formula is C16H18O2S. The first-order valence-corrected chi connectivity index (χ1v) is 7.11. The van der Waals surface area contributed by atoms with Gasteiger partial charge in [-0.05, 0) is 18.9 Å². The molecule has 1 rings (SSSR count). The number of hydrogen-bond donors (Lipinski definition) is 0. The normalized spacial score (nSPS) is 13.1. The second kappa shape index (κ2) is 7.70. The van der Waals surface area contributed by atoms with E-state index in [2.05, 4.69) is 12.5 Å². The quantitative estimate of drug-likeness (QED) is 0.433. The molecule has 0 spiro atoms. The number of rotatable bonds is 7. The summed E-state index contributed by atoms with van der Waals surface area (Å²) in [5, 5.41) is 0. The van der Waals surface area contributed by atoms with Gasteiger partial charge in [0.1, 0.15) is 4.75 Å². The number of esters is 1. The van der Waals surface area contributed by atoms with Crippen LogP contribution in [0.1, 0.15) is 18.9 Å². The van der Waals surface area contributed by atoms with Gasteiger partial charge in [-0.15, -0.1) is 24.8 Å². The zero-order valence-corrected chi connectivity index (χ0v) is 11.9. The summed E-state index contributed by atoms with van der Waals surface area (Å²) in [4.78, 5) is 12.4. The molecule has 100 valence electrons. The predicted octanol–water partition coefficient (Wildman–Crippen LogP) is 3.39. The highest BCUT2D eigenvalue weighted by Crippen LogP contribution is 2.41. The lowest BCUT2D eigenvalue weighted by Crippen LogP contribution is -2.34. The molecular weight excluding hydrogens is 256 g/mol. The minimum atomic E-state index is -0.800. The molecule has 0 fully saturated rings. The SMILES string of the molecule is C#CCSC(CC=C)(C(=O)OCC)c1ccccc1. The number of hydrogen-bond acceptors (Lipinski definition) is 3. The standard InChI is InChI=1S/C16H18O2S/c1-4-12-16(19-13-5-2,15(17)18-6-3)14-10-8-7-9-11-14/h2,4,7-11H,1,6,12-13H2,3H3. The largest absolute Gasteiger partial charge is 0.465 e. The molecule has 0 radical (unpaired) electrons. The molecule has 1 unspecified atom stereocenters. The summed E-state index contributed by atoms with van der Waals surface area (Å²) >= 11 is 1.41. The van der Waals surface area contributed by atoms with Gasteiger partial charge in [-0.25, -0.2) is 0 Å². The van der Waals surface area contributed by atoms with E-state index >= 15 is 0 Å². The van der Waals surface area contributed by atoms with Crippen molar-refractivity contribution in [2.75, 3.05) is 12.4 Å². The highest BCUT2D eigenvalue weighted by atomic mass is 32.2. The van der Waals surface area contributed by atoms with Gasteiger partial charge in [0.25, 0.3) is 0 Å². The van der Waals surface area contributed by atoms with E-state index in [4.69, 9.17) is 11.2 Å². The van der Waals surface area contributed by atoms with E-state index in [-0.39, 0.29) is 5.97 Å². The zero-order valence-electron chi connectivity index (χ0n) is 11.1. The summed E-state index contributed by atoms with van der Waals surface area (Å²) in [7, 11) is 0. The molecule has 0 aliphatic heterocycles. The van der Waals surface area contributed by atoms with Crippen LogP contribution in [-0.2, 0) is 14.3 Å².